The molecular weight excluding hydrogens is 299 g/mol. The Kier molecular flexibility index (Phi) is 4.63. The van der Waals surface area contributed by atoms with E-state index in [4.69, 9.17) is 16.3 Å². The summed E-state index contributed by atoms with van der Waals surface area (Å²) in [5, 5.41) is 2.25. The molecule has 1 aromatic rings. The van der Waals surface area contributed by atoms with Gasteiger partial charge in [0.05, 0.1) is 11.1 Å². The molecule has 1 amide bonds. The first-order chi connectivity index (χ1) is 8.33. The third kappa shape index (κ3) is 2.92. The van der Waals surface area contributed by atoms with E-state index in [2.05, 4.69) is 5.32 Å². The summed E-state index contributed by atoms with van der Waals surface area (Å²) >= 11 is 5.65. The molecule has 1 fully saturated rings. The van der Waals surface area contributed by atoms with Crippen molar-refractivity contribution in [2.45, 2.75) is 19.9 Å². The van der Waals surface area contributed by atoms with Gasteiger partial charge in [-0.1, -0.05) is 25.4 Å². The fourth-order valence-electron chi connectivity index (χ4n) is 1.96. The Labute approximate surface area is 120 Å². The van der Waals surface area contributed by atoms with Crippen molar-refractivity contribution in [1.29, 1.82) is 0 Å². The van der Waals surface area contributed by atoms with E-state index in [0.29, 0.717) is 0 Å². The SMILES string of the molecule is CC1(C)COC(=O)N[C@H]1c1c(F)ccc(Cl)c1F.Cl. The van der Waals surface area contributed by atoms with Crippen molar-refractivity contribution in [2.24, 2.45) is 5.41 Å². The number of rotatable bonds is 1. The van der Waals surface area contributed by atoms with Gasteiger partial charge in [-0.3, -0.25) is 0 Å². The Morgan fingerprint density at radius 3 is 2.68 bits per heavy atom. The van der Waals surface area contributed by atoms with E-state index in [1.807, 2.05) is 0 Å². The average molecular weight is 312 g/mol. The highest BCUT2D eigenvalue weighted by molar-refractivity contribution is 6.30. The van der Waals surface area contributed by atoms with Crippen molar-refractivity contribution in [3.63, 3.8) is 0 Å². The Morgan fingerprint density at radius 1 is 1.42 bits per heavy atom. The summed E-state index contributed by atoms with van der Waals surface area (Å²) in [7, 11) is 0. The maximum atomic E-state index is 14.0. The lowest BCUT2D eigenvalue weighted by Gasteiger charge is -2.38. The fraction of sp³-hybridized carbons (Fsp3) is 0.417. The van der Waals surface area contributed by atoms with Crippen molar-refractivity contribution in [3.8, 4) is 0 Å². The average Bonchev–Trinajstić information content (AvgIpc) is 2.29. The van der Waals surface area contributed by atoms with Crippen molar-refractivity contribution in [1.82, 2.24) is 5.32 Å². The van der Waals surface area contributed by atoms with Crippen molar-refractivity contribution in [2.75, 3.05) is 6.61 Å². The summed E-state index contributed by atoms with van der Waals surface area (Å²) in [4.78, 5) is 11.2. The highest BCUT2D eigenvalue weighted by Crippen LogP contribution is 2.39. The van der Waals surface area contributed by atoms with Crippen LogP contribution in [0, 0.1) is 17.0 Å². The minimum atomic E-state index is -0.850. The first-order valence-electron chi connectivity index (χ1n) is 5.39. The standard InChI is InChI=1S/C12H12ClF2NO2.ClH/c1-12(2)5-18-11(17)16-10(12)8-7(14)4-3-6(13)9(8)15;/h3-4,10H,5H2,1-2H3,(H,16,17);1H/t10-;/m0./s1. The molecule has 3 nitrogen and oxygen atoms in total. The number of carbonyl (C=O) groups is 1. The zero-order chi connectivity index (χ0) is 13.5. The van der Waals surface area contributed by atoms with Gasteiger partial charge in [-0.05, 0) is 12.1 Å². The van der Waals surface area contributed by atoms with Crippen LogP contribution in [0.1, 0.15) is 25.5 Å². The van der Waals surface area contributed by atoms with Crippen LogP contribution in [0.5, 0.6) is 0 Å². The van der Waals surface area contributed by atoms with Crippen LogP contribution < -0.4 is 5.32 Å². The van der Waals surface area contributed by atoms with Crippen LogP contribution in [0.15, 0.2) is 12.1 Å². The summed E-state index contributed by atoms with van der Waals surface area (Å²) in [6.45, 7) is 3.57. The van der Waals surface area contributed by atoms with Crippen molar-refractivity contribution >= 4 is 30.1 Å². The molecule has 0 aliphatic carbocycles. The van der Waals surface area contributed by atoms with Crippen LogP contribution in [0.25, 0.3) is 0 Å². The Hall–Kier alpha value is -1.07. The Balaban J connectivity index is 0.00000180. The lowest BCUT2D eigenvalue weighted by atomic mass is 9.80. The van der Waals surface area contributed by atoms with Crippen LogP contribution in [-0.4, -0.2) is 12.7 Å². The predicted octanol–water partition coefficient (Wildman–Crippen LogP) is 3.85. The number of hydrogen-bond acceptors (Lipinski definition) is 2. The second kappa shape index (κ2) is 5.51. The molecule has 1 aromatic carbocycles. The first kappa shape index (κ1) is 16.0. The summed E-state index contributed by atoms with van der Waals surface area (Å²) < 4.78 is 32.6. The van der Waals surface area contributed by atoms with Crippen LogP contribution >= 0.6 is 24.0 Å². The number of carbonyl (C=O) groups excluding carboxylic acids is 1. The molecule has 7 heteroatoms. The van der Waals surface area contributed by atoms with E-state index in [0.717, 1.165) is 12.1 Å². The number of amides is 1. The lowest BCUT2D eigenvalue weighted by Crippen LogP contribution is -2.47. The molecule has 1 heterocycles. The van der Waals surface area contributed by atoms with Crippen molar-refractivity contribution < 1.29 is 18.3 Å². The number of hydrogen-bond donors (Lipinski definition) is 1. The number of halogens is 4. The van der Waals surface area contributed by atoms with Gasteiger partial charge in [0.2, 0.25) is 0 Å². The zero-order valence-electron chi connectivity index (χ0n) is 10.3. The van der Waals surface area contributed by atoms with Gasteiger partial charge in [-0.25, -0.2) is 13.6 Å². The monoisotopic (exact) mass is 311 g/mol. The van der Waals surface area contributed by atoms with E-state index in [9.17, 15) is 13.6 Å². The second-order valence-electron chi connectivity index (χ2n) is 4.90. The smallest absolute Gasteiger partial charge is 0.407 e. The van der Waals surface area contributed by atoms with Crippen LogP contribution in [0.3, 0.4) is 0 Å². The molecule has 0 spiro atoms. The highest BCUT2D eigenvalue weighted by atomic mass is 35.5. The normalized spacial score (nSPS) is 21.1. The Bertz CT molecular complexity index is 509. The van der Waals surface area contributed by atoms with E-state index in [-0.39, 0.29) is 29.6 Å². The van der Waals surface area contributed by atoms with Gasteiger partial charge in [0, 0.05) is 11.0 Å². The molecule has 1 aliphatic rings. The maximum absolute atomic E-state index is 14.0. The van der Waals surface area contributed by atoms with Gasteiger partial charge in [0.15, 0.2) is 0 Å². The van der Waals surface area contributed by atoms with Crippen LogP contribution in [0.2, 0.25) is 5.02 Å². The third-order valence-electron chi connectivity index (χ3n) is 2.99. The summed E-state index contributed by atoms with van der Waals surface area (Å²) in [6, 6.07) is 1.40. The maximum Gasteiger partial charge on any atom is 0.407 e. The summed E-state index contributed by atoms with van der Waals surface area (Å²) in [5.41, 5.74) is -0.871. The van der Waals surface area contributed by atoms with Gasteiger partial charge >= 0.3 is 6.09 Å². The molecule has 0 saturated carbocycles. The zero-order valence-corrected chi connectivity index (χ0v) is 11.9. The molecule has 0 radical (unpaired) electrons. The topological polar surface area (TPSA) is 38.3 Å². The van der Waals surface area contributed by atoms with Gasteiger partial charge in [0.25, 0.3) is 0 Å². The molecular formula is C12H13Cl2F2NO2. The summed E-state index contributed by atoms with van der Waals surface area (Å²) in [6.07, 6.45) is -0.696. The predicted molar refractivity (Wildman–Crippen MR) is 69.6 cm³/mol. The van der Waals surface area contributed by atoms with Crippen LogP contribution in [0.4, 0.5) is 13.6 Å². The van der Waals surface area contributed by atoms with E-state index < -0.39 is 29.2 Å². The summed E-state index contributed by atoms with van der Waals surface area (Å²) in [5.74, 6) is -1.59. The minimum Gasteiger partial charge on any atom is -0.449 e. The molecule has 1 aliphatic heterocycles. The van der Waals surface area contributed by atoms with Gasteiger partial charge in [-0.2, -0.15) is 0 Å². The number of cyclic esters (lactones) is 1. The molecule has 0 aromatic heterocycles. The molecule has 0 bridgehead atoms. The number of nitrogens with one attached hydrogen (secondary N) is 1. The largest absolute Gasteiger partial charge is 0.449 e. The van der Waals surface area contributed by atoms with Crippen LogP contribution in [-0.2, 0) is 4.74 Å². The van der Waals surface area contributed by atoms with Gasteiger partial charge in [0.1, 0.15) is 18.2 Å². The first-order valence-corrected chi connectivity index (χ1v) is 5.77. The molecule has 1 atom stereocenters. The molecule has 2 rings (SSSR count). The highest BCUT2D eigenvalue weighted by Gasteiger charge is 2.41. The van der Waals surface area contributed by atoms with Gasteiger partial charge < -0.3 is 10.1 Å². The number of ether oxygens (including phenoxy) is 1. The third-order valence-corrected chi connectivity index (χ3v) is 3.28. The quantitative estimate of drug-likeness (QED) is 0.800. The lowest BCUT2D eigenvalue weighted by molar-refractivity contribution is 0.0367. The second-order valence-corrected chi connectivity index (χ2v) is 5.31. The number of benzene rings is 1. The fourth-order valence-corrected chi connectivity index (χ4v) is 2.12. The molecule has 1 saturated heterocycles. The van der Waals surface area contributed by atoms with E-state index in [1.165, 1.54) is 0 Å². The number of alkyl carbamates (subject to hydrolysis) is 1. The van der Waals surface area contributed by atoms with Crippen molar-refractivity contribution in [3.05, 3.63) is 34.4 Å². The van der Waals surface area contributed by atoms with E-state index in [1.54, 1.807) is 13.8 Å². The van der Waals surface area contributed by atoms with E-state index >= 15 is 0 Å². The Morgan fingerprint density at radius 2 is 2.05 bits per heavy atom. The molecule has 106 valence electrons. The minimum absolute atomic E-state index is 0. The molecule has 19 heavy (non-hydrogen) atoms. The molecule has 0 unspecified atom stereocenters. The molecule has 1 N–H and O–H groups in total. The van der Waals surface area contributed by atoms with Gasteiger partial charge in [-0.15, -0.1) is 12.4 Å².